The summed E-state index contributed by atoms with van der Waals surface area (Å²) in [7, 11) is 0. The first-order chi connectivity index (χ1) is 8.63. The second-order valence-electron chi connectivity index (χ2n) is 5.15. The van der Waals surface area contributed by atoms with Crippen molar-refractivity contribution < 1.29 is 9.47 Å². The molecule has 3 N–H and O–H groups in total. The molecule has 0 aliphatic carbocycles. The third kappa shape index (κ3) is 2.60. The molecule has 1 heterocycles. The summed E-state index contributed by atoms with van der Waals surface area (Å²) in [6, 6.07) is 6.16. The summed E-state index contributed by atoms with van der Waals surface area (Å²) < 4.78 is 11.1. The molecule has 0 amide bonds. The average molecular weight is 250 g/mol. The summed E-state index contributed by atoms with van der Waals surface area (Å²) in [5, 5.41) is 0. The summed E-state index contributed by atoms with van der Waals surface area (Å²) >= 11 is 0. The van der Waals surface area contributed by atoms with E-state index in [1.807, 2.05) is 12.1 Å². The molecule has 0 saturated heterocycles. The van der Waals surface area contributed by atoms with Crippen LogP contribution in [0.4, 0.5) is 0 Å². The van der Waals surface area contributed by atoms with Crippen LogP contribution in [0.2, 0.25) is 0 Å². The quantitative estimate of drug-likeness (QED) is 0.635. The smallest absolute Gasteiger partial charge is 0.161 e. The predicted octanol–water partition coefficient (Wildman–Crippen LogP) is 2.25. The van der Waals surface area contributed by atoms with Crippen molar-refractivity contribution in [2.45, 2.75) is 26.8 Å². The third-order valence-electron chi connectivity index (χ3n) is 3.68. The lowest BCUT2D eigenvalue weighted by atomic mass is 9.86. The van der Waals surface area contributed by atoms with Gasteiger partial charge < -0.3 is 9.47 Å². The molecule has 1 aromatic rings. The first kappa shape index (κ1) is 13.2. The van der Waals surface area contributed by atoms with Gasteiger partial charge in [0.1, 0.15) is 13.2 Å². The van der Waals surface area contributed by atoms with E-state index in [1.165, 1.54) is 0 Å². The minimum Gasteiger partial charge on any atom is -0.486 e. The van der Waals surface area contributed by atoms with Gasteiger partial charge in [0.15, 0.2) is 11.5 Å². The molecule has 2 atom stereocenters. The zero-order chi connectivity index (χ0) is 13.1. The van der Waals surface area contributed by atoms with Crippen molar-refractivity contribution >= 4 is 0 Å². The third-order valence-corrected chi connectivity index (χ3v) is 3.68. The van der Waals surface area contributed by atoms with Crippen LogP contribution in [0.15, 0.2) is 18.2 Å². The van der Waals surface area contributed by atoms with Crippen molar-refractivity contribution in [1.82, 2.24) is 5.43 Å². The number of rotatable bonds is 4. The summed E-state index contributed by atoms with van der Waals surface area (Å²) in [5.74, 6) is 8.33. The Morgan fingerprint density at radius 1 is 1.11 bits per heavy atom. The molecule has 1 aromatic carbocycles. The van der Waals surface area contributed by atoms with E-state index in [2.05, 4.69) is 32.3 Å². The molecule has 4 heteroatoms. The number of hydrazine groups is 1. The number of fused-ring (bicyclic) bond motifs is 1. The van der Waals surface area contributed by atoms with Gasteiger partial charge in [-0.05, 0) is 29.5 Å². The van der Waals surface area contributed by atoms with Gasteiger partial charge in [-0.15, -0.1) is 0 Å². The summed E-state index contributed by atoms with van der Waals surface area (Å²) in [5.41, 5.74) is 4.05. The van der Waals surface area contributed by atoms with Crippen molar-refractivity contribution in [1.29, 1.82) is 0 Å². The van der Waals surface area contributed by atoms with Gasteiger partial charge in [0.05, 0.1) is 0 Å². The maximum absolute atomic E-state index is 5.70. The molecule has 0 saturated carbocycles. The van der Waals surface area contributed by atoms with Crippen molar-refractivity contribution in [3.63, 3.8) is 0 Å². The lowest BCUT2D eigenvalue weighted by molar-refractivity contribution is 0.171. The van der Waals surface area contributed by atoms with E-state index in [9.17, 15) is 0 Å². The molecule has 0 bridgehead atoms. The lowest BCUT2D eigenvalue weighted by Gasteiger charge is -2.28. The SMILES string of the molecule is CC(C)C(C)C(NN)c1ccc2c(c1)OCCO2. The van der Waals surface area contributed by atoms with Crippen LogP contribution in [0.5, 0.6) is 11.5 Å². The van der Waals surface area contributed by atoms with E-state index < -0.39 is 0 Å². The van der Waals surface area contributed by atoms with Gasteiger partial charge in [-0.1, -0.05) is 26.8 Å². The van der Waals surface area contributed by atoms with Gasteiger partial charge in [-0.2, -0.15) is 0 Å². The topological polar surface area (TPSA) is 56.5 Å². The van der Waals surface area contributed by atoms with Gasteiger partial charge in [0.25, 0.3) is 0 Å². The van der Waals surface area contributed by atoms with E-state index in [4.69, 9.17) is 15.3 Å². The minimum absolute atomic E-state index is 0.126. The molecule has 18 heavy (non-hydrogen) atoms. The molecule has 0 fully saturated rings. The second-order valence-corrected chi connectivity index (χ2v) is 5.15. The summed E-state index contributed by atoms with van der Waals surface area (Å²) in [6.45, 7) is 7.83. The van der Waals surface area contributed by atoms with Crippen molar-refractivity contribution in [2.24, 2.45) is 17.7 Å². The van der Waals surface area contributed by atoms with Crippen LogP contribution in [0.1, 0.15) is 32.4 Å². The average Bonchev–Trinajstić information content (AvgIpc) is 2.39. The van der Waals surface area contributed by atoms with E-state index in [-0.39, 0.29) is 6.04 Å². The maximum atomic E-state index is 5.70. The fraction of sp³-hybridized carbons (Fsp3) is 0.571. The highest BCUT2D eigenvalue weighted by Crippen LogP contribution is 2.35. The predicted molar refractivity (Wildman–Crippen MR) is 71.5 cm³/mol. The second kappa shape index (κ2) is 5.59. The number of ether oxygens (including phenoxy) is 2. The first-order valence-electron chi connectivity index (χ1n) is 6.49. The van der Waals surface area contributed by atoms with E-state index in [1.54, 1.807) is 0 Å². The highest BCUT2D eigenvalue weighted by Gasteiger charge is 2.22. The van der Waals surface area contributed by atoms with Gasteiger partial charge >= 0.3 is 0 Å². The van der Waals surface area contributed by atoms with Crippen LogP contribution in [0.3, 0.4) is 0 Å². The Balaban J connectivity index is 2.26. The highest BCUT2D eigenvalue weighted by molar-refractivity contribution is 5.44. The monoisotopic (exact) mass is 250 g/mol. The largest absolute Gasteiger partial charge is 0.486 e. The van der Waals surface area contributed by atoms with Crippen LogP contribution in [-0.2, 0) is 0 Å². The normalized spacial score (nSPS) is 17.6. The molecule has 0 radical (unpaired) electrons. The summed E-state index contributed by atoms with van der Waals surface area (Å²) in [6.07, 6.45) is 0. The molecule has 1 aliphatic heterocycles. The molecular formula is C14H22N2O2. The Morgan fingerprint density at radius 3 is 2.39 bits per heavy atom. The van der Waals surface area contributed by atoms with Crippen molar-refractivity contribution in [2.75, 3.05) is 13.2 Å². The Kier molecular flexibility index (Phi) is 4.09. The fourth-order valence-corrected chi connectivity index (χ4v) is 2.19. The Bertz CT molecular complexity index is 407. The van der Waals surface area contributed by atoms with Gasteiger partial charge in [-0.3, -0.25) is 11.3 Å². The van der Waals surface area contributed by atoms with E-state index in [0.717, 1.165) is 17.1 Å². The molecule has 2 unspecified atom stereocenters. The van der Waals surface area contributed by atoms with Gasteiger partial charge in [0.2, 0.25) is 0 Å². The zero-order valence-corrected chi connectivity index (χ0v) is 11.3. The molecule has 0 aromatic heterocycles. The van der Waals surface area contributed by atoms with E-state index in [0.29, 0.717) is 25.0 Å². The van der Waals surface area contributed by atoms with Crippen LogP contribution in [0.25, 0.3) is 0 Å². The fourth-order valence-electron chi connectivity index (χ4n) is 2.19. The Labute approximate surface area is 108 Å². The molecule has 2 rings (SSSR count). The standard InChI is InChI=1S/C14H22N2O2/c1-9(2)10(3)14(16-15)11-4-5-12-13(8-11)18-7-6-17-12/h4-5,8-10,14,16H,6-7,15H2,1-3H3. The van der Waals surface area contributed by atoms with Crippen LogP contribution >= 0.6 is 0 Å². The van der Waals surface area contributed by atoms with Crippen LogP contribution in [-0.4, -0.2) is 13.2 Å². The number of nitrogens with one attached hydrogen (secondary N) is 1. The number of benzene rings is 1. The van der Waals surface area contributed by atoms with Gasteiger partial charge in [-0.25, -0.2) is 0 Å². The summed E-state index contributed by atoms with van der Waals surface area (Å²) in [4.78, 5) is 0. The number of nitrogens with two attached hydrogens (primary N) is 1. The molecule has 4 nitrogen and oxygen atoms in total. The number of hydrogen-bond acceptors (Lipinski definition) is 4. The lowest BCUT2D eigenvalue weighted by Crippen LogP contribution is -2.34. The first-order valence-corrected chi connectivity index (χ1v) is 6.49. The zero-order valence-electron chi connectivity index (χ0n) is 11.3. The van der Waals surface area contributed by atoms with Crippen molar-refractivity contribution in [3.8, 4) is 11.5 Å². The molecule has 0 spiro atoms. The minimum atomic E-state index is 0.126. The van der Waals surface area contributed by atoms with Crippen molar-refractivity contribution in [3.05, 3.63) is 23.8 Å². The molecule has 1 aliphatic rings. The Morgan fingerprint density at radius 2 is 1.78 bits per heavy atom. The Hall–Kier alpha value is -1.26. The van der Waals surface area contributed by atoms with Gasteiger partial charge in [0, 0.05) is 6.04 Å². The number of hydrogen-bond donors (Lipinski definition) is 2. The van der Waals surface area contributed by atoms with Crippen LogP contribution in [0, 0.1) is 11.8 Å². The molecule has 100 valence electrons. The van der Waals surface area contributed by atoms with Crippen LogP contribution < -0.4 is 20.7 Å². The van der Waals surface area contributed by atoms with E-state index >= 15 is 0 Å². The highest BCUT2D eigenvalue weighted by atomic mass is 16.6. The molecular weight excluding hydrogens is 228 g/mol. The maximum Gasteiger partial charge on any atom is 0.161 e.